The van der Waals surface area contributed by atoms with E-state index in [0.29, 0.717) is 11.5 Å². The zero-order chi connectivity index (χ0) is 15.8. The molecule has 1 atom stereocenters. The van der Waals surface area contributed by atoms with Gasteiger partial charge in [0, 0.05) is 0 Å². The van der Waals surface area contributed by atoms with Crippen LogP contribution in [0.1, 0.15) is 55.3 Å². The van der Waals surface area contributed by atoms with Gasteiger partial charge in [0.25, 0.3) is 0 Å². The minimum absolute atomic E-state index is 0.238. The Morgan fingerprint density at radius 3 is 2.55 bits per heavy atom. The minimum Gasteiger partial charge on any atom is -0.490 e. The van der Waals surface area contributed by atoms with E-state index in [0.717, 1.165) is 18.6 Å². The van der Waals surface area contributed by atoms with Gasteiger partial charge in [0.15, 0.2) is 0 Å². The largest absolute Gasteiger partial charge is 0.490 e. The number of carbonyl (C=O) groups is 1. The SMILES string of the molecule is C=CCCC(Oc1ccc(C(=O)OC)cc1)C1CCCCC1. The molecule has 1 unspecified atom stereocenters. The quantitative estimate of drug-likeness (QED) is 0.538. The van der Waals surface area contributed by atoms with Gasteiger partial charge in [0.1, 0.15) is 11.9 Å². The molecule has 0 aliphatic heterocycles. The molecule has 22 heavy (non-hydrogen) atoms. The van der Waals surface area contributed by atoms with Crippen molar-refractivity contribution >= 4 is 5.97 Å². The molecule has 1 aromatic rings. The molecule has 0 spiro atoms. The van der Waals surface area contributed by atoms with E-state index in [2.05, 4.69) is 6.58 Å². The van der Waals surface area contributed by atoms with Crippen LogP contribution in [0, 0.1) is 5.92 Å². The Morgan fingerprint density at radius 1 is 1.27 bits per heavy atom. The Bertz CT molecular complexity index is 472. The molecule has 0 heterocycles. The molecule has 120 valence electrons. The molecule has 1 fully saturated rings. The second kappa shape index (κ2) is 8.62. The summed E-state index contributed by atoms with van der Waals surface area (Å²) < 4.78 is 10.9. The number of rotatable bonds is 7. The zero-order valence-electron chi connectivity index (χ0n) is 13.4. The molecule has 3 nitrogen and oxygen atoms in total. The average molecular weight is 302 g/mol. The maximum atomic E-state index is 11.5. The second-order valence-electron chi connectivity index (χ2n) is 5.94. The molecule has 3 heteroatoms. The summed E-state index contributed by atoms with van der Waals surface area (Å²) in [4.78, 5) is 11.5. The maximum Gasteiger partial charge on any atom is 0.337 e. The van der Waals surface area contributed by atoms with E-state index in [1.54, 1.807) is 12.1 Å². The van der Waals surface area contributed by atoms with Crippen molar-refractivity contribution in [2.45, 2.75) is 51.0 Å². The predicted molar refractivity (Wildman–Crippen MR) is 88.2 cm³/mol. The fourth-order valence-electron chi connectivity index (χ4n) is 3.14. The van der Waals surface area contributed by atoms with Gasteiger partial charge < -0.3 is 9.47 Å². The number of benzene rings is 1. The van der Waals surface area contributed by atoms with Crippen LogP contribution in [-0.2, 0) is 4.74 Å². The third-order valence-electron chi connectivity index (χ3n) is 4.39. The van der Waals surface area contributed by atoms with Crippen LogP contribution in [0.2, 0.25) is 0 Å². The Kier molecular flexibility index (Phi) is 6.50. The lowest BCUT2D eigenvalue weighted by Crippen LogP contribution is -2.28. The second-order valence-corrected chi connectivity index (χ2v) is 5.94. The summed E-state index contributed by atoms with van der Waals surface area (Å²) in [7, 11) is 1.39. The standard InChI is InChI=1S/C19H26O3/c1-3-4-10-18(15-8-6-5-7-9-15)22-17-13-11-16(12-14-17)19(20)21-2/h3,11-15,18H,1,4-10H2,2H3. The molecule has 1 saturated carbocycles. The molecular formula is C19H26O3. The Hall–Kier alpha value is -1.77. The van der Waals surface area contributed by atoms with E-state index < -0.39 is 0 Å². The first-order valence-electron chi connectivity index (χ1n) is 8.20. The molecule has 0 N–H and O–H groups in total. The lowest BCUT2D eigenvalue weighted by atomic mass is 9.83. The first-order chi connectivity index (χ1) is 10.7. The Balaban J connectivity index is 2.01. The van der Waals surface area contributed by atoms with Gasteiger partial charge in [-0.1, -0.05) is 25.3 Å². The molecule has 0 radical (unpaired) electrons. The first kappa shape index (κ1) is 16.6. The number of carbonyl (C=O) groups excluding carboxylic acids is 1. The minimum atomic E-state index is -0.318. The van der Waals surface area contributed by atoms with Gasteiger partial charge in [-0.15, -0.1) is 6.58 Å². The molecule has 1 aromatic carbocycles. The van der Waals surface area contributed by atoms with Crippen molar-refractivity contribution < 1.29 is 14.3 Å². The van der Waals surface area contributed by atoms with Crippen LogP contribution < -0.4 is 4.74 Å². The van der Waals surface area contributed by atoms with Crippen LogP contribution in [0.4, 0.5) is 0 Å². The summed E-state index contributed by atoms with van der Waals surface area (Å²) in [6.07, 6.45) is 10.6. The fourth-order valence-corrected chi connectivity index (χ4v) is 3.14. The van der Waals surface area contributed by atoms with Crippen LogP contribution in [0.5, 0.6) is 5.75 Å². The summed E-state index contributed by atoms with van der Waals surface area (Å²) >= 11 is 0. The van der Waals surface area contributed by atoms with Crippen molar-refractivity contribution in [3.8, 4) is 5.75 Å². The zero-order valence-corrected chi connectivity index (χ0v) is 13.4. The normalized spacial score (nSPS) is 16.8. The molecule has 0 aromatic heterocycles. The van der Waals surface area contributed by atoms with Gasteiger partial charge in [-0.2, -0.15) is 0 Å². The third-order valence-corrected chi connectivity index (χ3v) is 4.39. The van der Waals surface area contributed by atoms with Gasteiger partial charge in [-0.05, 0) is 55.9 Å². The van der Waals surface area contributed by atoms with Crippen LogP contribution in [0.15, 0.2) is 36.9 Å². The monoisotopic (exact) mass is 302 g/mol. The van der Waals surface area contributed by atoms with Crippen molar-refractivity contribution in [3.05, 3.63) is 42.5 Å². The van der Waals surface area contributed by atoms with Crippen LogP contribution in [0.3, 0.4) is 0 Å². The first-order valence-corrected chi connectivity index (χ1v) is 8.20. The van der Waals surface area contributed by atoms with Crippen molar-refractivity contribution in [1.82, 2.24) is 0 Å². The Morgan fingerprint density at radius 2 is 1.95 bits per heavy atom. The molecule has 1 aliphatic carbocycles. The molecule has 1 aliphatic rings. The molecule has 0 amide bonds. The highest BCUT2D eigenvalue weighted by atomic mass is 16.5. The molecular weight excluding hydrogens is 276 g/mol. The van der Waals surface area contributed by atoms with E-state index in [1.807, 2.05) is 18.2 Å². The highest BCUT2D eigenvalue weighted by molar-refractivity contribution is 5.89. The van der Waals surface area contributed by atoms with E-state index >= 15 is 0 Å². The maximum absolute atomic E-state index is 11.5. The molecule has 0 saturated heterocycles. The van der Waals surface area contributed by atoms with Gasteiger partial charge >= 0.3 is 5.97 Å². The van der Waals surface area contributed by atoms with Crippen molar-refractivity contribution in [2.24, 2.45) is 5.92 Å². The summed E-state index contributed by atoms with van der Waals surface area (Å²) in [6.45, 7) is 3.82. The van der Waals surface area contributed by atoms with Gasteiger partial charge in [0.2, 0.25) is 0 Å². The van der Waals surface area contributed by atoms with E-state index in [9.17, 15) is 4.79 Å². The van der Waals surface area contributed by atoms with E-state index in [1.165, 1.54) is 39.2 Å². The van der Waals surface area contributed by atoms with Crippen molar-refractivity contribution in [1.29, 1.82) is 0 Å². The number of hydrogen-bond donors (Lipinski definition) is 0. The fraction of sp³-hybridized carbons (Fsp3) is 0.526. The lowest BCUT2D eigenvalue weighted by Gasteiger charge is -2.30. The number of ether oxygens (including phenoxy) is 2. The third kappa shape index (κ3) is 4.62. The van der Waals surface area contributed by atoms with Crippen LogP contribution in [-0.4, -0.2) is 19.2 Å². The van der Waals surface area contributed by atoms with Crippen LogP contribution >= 0.6 is 0 Å². The lowest BCUT2D eigenvalue weighted by molar-refractivity contribution is 0.0600. The smallest absolute Gasteiger partial charge is 0.337 e. The van der Waals surface area contributed by atoms with Crippen molar-refractivity contribution in [2.75, 3.05) is 7.11 Å². The van der Waals surface area contributed by atoms with Gasteiger partial charge in [-0.3, -0.25) is 0 Å². The van der Waals surface area contributed by atoms with Crippen LogP contribution in [0.25, 0.3) is 0 Å². The average Bonchev–Trinajstić information content (AvgIpc) is 2.59. The summed E-state index contributed by atoms with van der Waals surface area (Å²) in [5.74, 6) is 1.14. The number of allylic oxidation sites excluding steroid dienone is 1. The molecule has 2 rings (SSSR count). The highest BCUT2D eigenvalue weighted by Crippen LogP contribution is 2.31. The highest BCUT2D eigenvalue weighted by Gasteiger charge is 2.24. The van der Waals surface area contributed by atoms with Gasteiger partial charge in [-0.25, -0.2) is 4.79 Å². The summed E-state index contributed by atoms with van der Waals surface area (Å²) in [6, 6.07) is 7.23. The van der Waals surface area contributed by atoms with Gasteiger partial charge in [0.05, 0.1) is 12.7 Å². The predicted octanol–water partition coefficient (Wildman–Crippen LogP) is 4.77. The topological polar surface area (TPSA) is 35.5 Å². The summed E-state index contributed by atoms with van der Waals surface area (Å²) in [5.41, 5.74) is 0.551. The number of methoxy groups -OCH3 is 1. The van der Waals surface area contributed by atoms with E-state index in [-0.39, 0.29) is 12.1 Å². The Labute approximate surface area is 133 Å². The number of esters is 1. The molecule has 0 bridgehead atoms. The summed E-state index contributed by atoms with van der Waals surface area (Å²) in [5, 5.41) is 0. The van der Waals surface area contributed by atoms with Crippen molar-refractivity contribution in [3.63, 3.8) is 0 Å². The number of hydrogen-bond acceptors (Lipinski definition) is 3. The van der Waals surface area contributed by atoms with E-state index in [4.69, 9.17) is 9.47 Å².